The topological polar surface area (TPSA) is 391 Å². The molecule has 0 atom stereocenters. The molecule has 0 heterocycles. The molecular weight excluding hydrogens is 842 g/mol. The monoisotopic (exact) mass is 860 g/mol. The van der Waals surface area contributed by atoms with E-state index in [0.29, 0.717) is 0 Å². The molecule has 0 fully saturated rings. The number of phenols is 8. The van der Waals surface area contributed by atoms with Crippen LogP contribution in [-0.4, -0.2) is 130 Å². The SMILES string of the molecule is O=S(=O)([O-])c1cccc(O)c1O.O=S(=O)([O-])c1cccc(O)c1O.O=S(=O)([O-])c1cccc(O)c1O.O=S(=O)([O-])c1cccc(O)c1O.[Ca+2].[Zn+2]. The predicted octanol–water partition coefficient (Wildman–Crippen LogP) is -0.376. The van der Waals surface area contributed by atoms with Gasteiger partial charge in [0.1, 0.15) is 40.5 Å². The first-order valence-electron chi connectivity index (χ1n) is 11.6. The van der Waals surface area contributed by atoms with E-state index in [1.807, 2.05) is 0 Å². The Morgan fingerprint density at radius 2 is 0.480 bits per heavy atom. The van der Waals surface area contributed by atoms with Gasteiger partial charge in [-0.25, -0.2) is 33.7 Å². The Bertz CT molecular complexity index is 1910. The van der Waals surface area contributed by atoms with Crippen molar-refractivity contribution in [2.75, 3.05) is 0 Å². The van der Waals surface area contributed by atoms with Crippen molar-refractivity contribution in [3.05, 3.63) is 72.8 Å². The van der Waals surface area contributed by atoms with Crippen LogP contribution in [-0.2, 0) is 60.0 Å². The first kappa shape index (κ1) is 48.9. The van der Waals surface area contributed by atoms with E-state index in [1.165, 1.54) is 0 Å². The van der Waals surface area contributed by atoms with Crippen LogP contribution >= 0.6 is 0 Å². The minimum absolute atomic E-state index is 0. The second-order valence-electron chi connectivity index (χ2n) is 8.31. The average Bonchev–Trinajstić information content (AvgIpc) is 2.93. The fourth-order valence-corrected chi connectivity index (χ4v) is 5.20. The molecule has 264 valence electrons. The molecule has 0 unspecified atom stereocenters. The van der Waals surface area contributed by atoms with Crippen LogP contribution in [0, 0.1) is 0 Å². The van der Waals surface area contributed by atoms with Crippen LogP contribution in [0.2, 0.25) is 0 Å². The van der Waals surface area contributed by atoms with Crippen molar-refractivity contribution < 1.29 is 112 Å². The summed E-state index contributed by atoms with van der Waals surface area (Å²) in [4.78, 5) is -3.27. The van der Waals surface area contributed by atoms with Crippen molar-refractivity contribution in [3.8, 4) is 46.0 Å². The maximum absolute atomic E-state index is 10.4. The zero-order valence-corrected chi connectivity index (χ0v) is 32.9. The van der Waals surface area contributed by atoms with E-state index in [1.54, 1.807) is 0 Å². The number of benzene rings is 4. The Morgan fingerprint density at radius 1 is 0.340 bits per heavy atom. The summed E-state index contributed by atoms with van der Waals surface area (Å²) < 4.78 is 125. The Morgan fingerprint density at radius 3 is 0.580 bits per heavy atom. The fraction of sp³-hybridized carbons (Fsp3) is 0. The van der Waals surface area contributed by atoms with Crippen LogP contribution in [0.15, 0.2) is 92.4 Å². The Labute approximate surface area is 325 Å². The average molecular weight is 862 g/mol. The van der Waals surface area contributed by atoms with Crippen molar-refractivity contribution in [1.82, 2.24) is 0 Å². The summed E-state index contributed by atoms with van der Waals surface area (Å²) in [6, 6.07) is 12.6. The van der Waals surface area contributed by atoms with Crippen LogP contribution in [0.1, 0.15) is 0 Å². The van der Waals surface area contributed by atoms with Gasteiger partial charge >= 0.3 is 57.2 Å². The van der Waals surface area contributed by atoms with Crippen LogP contribution in [0.25, 0.3) is 0 Å². The van der Waals surface area contributed by atoms with Crippen LogP contribution in [0.4, 0.5) is 0 Å². The predicted molar refractivity (Wildman–Crippen MR) is 157 cm³/mol. The van der Waals surface area contributed by atoms with E-state index in [-0.39, 0.29) is 57.2 Å². The molecule has 4 rings (SSSR count). The molecule has 0 aliphatic carbocycles. The van der Waals surface area contributed by atoms with Gasteiger partial charge in [-0.2, -0.15) is 0 Å². The standard InChI is InChI=1S/4C6H6O5S.Ca.Zn/c4*7-4-2-1-3-5(6(4)8)12(9,10)11;;/h4*1-3,7-8H,(H,9,10,11);;/q;;;;2*+2/p-4. The molecule has 8 N–H and O–H groups in total. The Hall–Kier alpha value is -3.20. The molecule has 20 nitrogen and oxygen atoms in total. The molecule has 0 aliphatic rings. The summed E-state index contributed by atoms with van der Waals surface area (Å²) in [6.07, 6.45) is 0. The van der Waals surface area contributed by atoms with Gasteiger partial charge < -0.3 is 59.1 Å². The first-order valence-corrected chi connectivity index (χ1v) is 17.2. The number of rotatable bonds is 4. The van der Waals surface area contributed by atoms with Crippen LogP contribution < -0.4 is 0 Å². The van der Waals surface area contributed by atoms with E-state index < -0.39 is 106 Å². The molecule has 0 radical (unpaired) electrons. The van der Waals surface area contributed by atoms with E-state index in [0.717, 1.165) is 72.8 Å². The van der Waals surface area contributed by atoms with Gasteiger partial charge in [0.05, 0.1) is 19.6 Å². The van der Waals surface area contributed by atoms with Crippen molar-refractivity contribution in [1.29, 1.82) is 0 Å². The zero-order chi connectivity index (χ0) is 37.4. The third-order valence-corrected chi connectivity index (χ3v) is 8.46. The molecule has 0 aromatic heterocycles. The minimum Gasteiger partial charge on any atom is -0.744 e. The third-order valence-electron chi connectivity index (χ3n) is 4.99. The quantitative estimate of drug-likeness (QED) is 0.0736. The van der Waals surface area contributed by atoms with E-state index >= 15 is 0 Å². The summed E-state index contributed by atoms with van der Waals surface area (Å²) in [5.74, 6) is -6.17. The number of aromatic hydroxyl groups is 8. The van der Waals surface area contributed by atoms with Crippen molar-refractivity contribution in [2.24, 2.45) is 0 Å². The molecule has 4 aromatic carbocycles. The molecule has 50 heavy (non-hydrogen) atoms. The number of phenolic OH excluding ortho intramolecular Hbond substituents is 8. The molecule has 0 bridgehead atoms. The molecule has 0 amide bonds. The maximum atomic E-state index is 10.4. The molecule has 26 heteroatoms. The molecule has 0 saturated carbocycles. The smallest absolute Gasteiger partial charge is 0.744 e. The van der Waals surface area contributed by atoms with E-state index in [9.17, 15) is 51.9 Å². The number of hydrogen-bond acceptors (Lipinski definition) is 20. The summed E-state index contributed by atoms with van der Waals surface area (Å²) in [6.45, 7) is 0. The number of para-hydroxylation sites is 4. The third kappa shape index (κ3) is 14.6. The first-order chi connectivity index (χ1) is 21.7. The number of hydrogen-bond donors (Lipinski definition) is 8. The van der Waals surface area contributed by atoms with Crippen LogP contribution in [0.5, 0.6) is 46.0 Å². The summed E-state index contributed by atoms with van der Waals surface area (Å²) >= 11 is 0. The van der Waals surface area contributed by atoms with Gasteiger partial charge in [-0.3, -0.25) is 0 Å². The van der Waals surface area contributed by atoms with Gasteiger partial charge in [-0.05, 0) is 48.5 Å². The van der Waals surface area contributed by atoms with Gasteiger partial charge in [0, 0.05) is 0 Å². The van der Waals surface area contributed by atoms with Crippen molar-refractivity contribution in [3.63, 3.8) is 0 Å². The maximum Gasteiger partial charge on any atom is 2.00 e. The summed E-state index contributed by atoms with van der Waals surface area (Å²) in [5.41, 5.74) is 0. The van der Waals surface area contributed by atoms with Crippen molar-refractivity contribution in [2.45, 2.75) is 19.6 Å². The van der Waals surface area contributed by atoms with Gasteiger partial charge in [0.15, 0.2) is 46.0 Å². The Balaban J connectivity index is 0. The van der Waals surface area contributed by atoms with Gasteiger partial charge in [-0.1, -0.05) is 24.3 Å². The second kappa shape index (κ2) is 19.4. The minimum atomic E-state index is -4.72. The normalized spacial score (nSPS) is 11.0. The van der Waals surface area contributed by atoms with Crippen LogP contribution in [0.3, 0.4) is 0 Å². The molecule has 0 aliphatic heterocycles. The van der Waals surface area contributed by atoms with Crippen molar-refractivity contribution >= 4 is 78.2 Å². The van der Waals surface area contributed by atoms with E-state index in [2.05, 4.69) is 0 Å². The fourth-order valence-electron chi connectivity index (χ4n) is 2.85. The van der Waals surface area contributed by atoms with E-state index in [4.69, 9.17) is 40.9 Å². The van der Waals surface area contributed by atoms with Gasteiger partial charge in [-0.15, -0.1) is 0 Å². The summed E-state index contributed by atoms with van der Waals surface area (Å²) in [5, 5.41) is 70.9. The summed E-state index contributed by atoms with van der Waals surface area (Å²) in [7, 11) is -18.9. The molecule has 4 aromatic rings. The molecular formula is C24H20CaO20S4Zn. The second-order valence-corrected chi connectivity index (χ2v) is 13.7. The van der Waals surface area contributed by atoms with Gasteiger partial charge in [0.2, 0.25) is 0 Å². The molecule has 0 saturated heterocycles. The largest absolute Gasteiger partial charge is 2.00 e. The zero-order valence-electron chi connectivity index (χ0n) is 24.5. The van der Waals surface area contributed by atoms with Gasteiger partial charge in [0.25, 0.3) is 0 Å². The Kier molecular flexibility index (Phi) is 19.0. The molecule has 0 spiro atoms.